The lowest BCUT2D eigenvalue weighted by Crippen LogP contribution is -2.31. The van der Waals surface area contributed by atoms with Crippen molar-refractivity contribution in [3.63, 3.8) is 0 Å². The van der Waals surface area contributed by atoms with Crippen molar-refractivity contribution in [2.75, 3.05) is 18.1 Å². The molecule has 1 aromatic rings. The summed E-state index contributed by atoms with van der Waals surface area (Å²) in [7, 11) is 0. The smallest absolute Gasteiger partial charge is 0.355 e. The molecular weight excluding hydrogens is 337 g/mol. The van der Waals surface area contributed by atoms with Gasteiger partial charge in [-0.2, -0.15) is 0 Å². The molecule has 5 nitrogen and oxygen atoms in total. The van der Waals surface area contributed by atoms with E-state index in [-0.39, 0.29) is 30.0 Å². The summed E-state index contributed by atoms with van der Waals surface area (Å²) in [6, 6.07) is 4.18. The molecule has 1 saturated carbocycles. The number of benzene rings is 1. The summed E-state index contributed by atoms with van der Waals surface area (Å²) in [6.07, 6.45) is 2.79. The summed E-state index contributed by atoms with van der Waals surface area (Å²) in [6.45, 7) is 3.71. The van der Waals surface area contributed by atoms with E-state index in [1.54, 1.807) is 18.7 Å². The fourth-order valence-electron chi connectivity index (χ4n) is 2.24. The Labute approximate surface area is 145 Å². The molecule has 7 heteroatoms. The van der Waals surface area contributed by atoms with E-state index in [9.17, 15) is 14.0 Å². The van der Waals surface area contributed by atoms with Crippen LogP contribution in [0.1, 0.15) is 26.7 Å². The Balaban J connectivity index is 2.43. The van der Waals surface area contributed by atoms with Crippen LogP contribution in [0, 0.1) is 5.82 Å². The highest BCUT2D eigenvalue weighted by Crippen LogP contribution is 2.36. The SMILES string of the molecule is CCOC(=O)/C=C(/C(=O)OCC)N(c1ccc(F)c(Cl)c1)C1CC1. The molecule has 0 N–H and O–H groups in total. The molecule has 130 valence electrons. The normalized spacial score (nSPS) is 14.2. The van der Waals surface area contributed by atoms with Gasteiger partial charge >= 0.3 is 11.9 Å². The lowest BCUT2D eigenvalue weighted by molar-refractivity contribution is -0.141. The van der Waals surface area contributed by atoms with Crippen molar-refractivity contribution < 1.29 is 23.5 Å². The quantitative estimate of drug-likeness (QED) is 0.554. The fourth-order valence-corrected chi connectivity index (χ4v) is 2.42. The van der Waals surface area contributed by atoms with Gasteiger partial charge in [-0.05, 0) is 44.9 Å². The van der Waals surface area contributed by atoms with Crippen molar-refractivity contribution in [2.24, 2.45) is 0 Å². The van der Waals surface area contributed by atoms with Crippen molar-refractivity contribution in [2.45, 2.75) is 32.7 Å². The highest BCUT2D eigenvalue weighted by Gasteiger charge is 2.35. The van der Waals surface area contributed by atoms with Gasteiger partial charge in [-0.15, -0.1) is 0 Å². The van der Waals surface area contributed by atoms with Gasteiger partial charge in [0.2, 0.25) is 0 Å². The first-order valence-electron chi connectivity index (χ1n) is 7.77. The number of nitrogens with zero attached hydrogens (tertiary/aromatic N) is 1. The van der Waals surface area contributed by atoms with Crippen LogP contribution in [0.5, 0.6) is 0 Å². The summed E-state index contributed by atoms with van der Waals surface area (Å²) in [5.74, 6) is -1.83. The Morgan fingerprint density at radius 2 is 1.96 bits per heavy atom. The predicted molar refractivity (Wildman–Crippen MR) is 88.3 cm³/mol. The first kappa shape index (κ1) is 18.3. The number of carbonyl (C=O) groups excluding carboxylic acids is 2. The molecule has 0 atom stereocenters. The molecule has 0 heterocycles. The maximum absolute atomic E-state index is 13.4. The summed E-state index contributed by atoms with van der Waals surface area (Å²) in [5, 5.41) is -0.0579. The summed E-state index contributed by atoms with van der Waals surface area (Å²) >= 11 is 5.85. The maximum Gasteiger partial charge on any atom is 0.355 e. The number of halogens is 2. The molecule has 1 fully saturated rings. The zero-order chi connectivity index (χ0) is 17.7. The number of hydrogen-bond donors (Lipinski definition) is 0. The molecule has 2 rings (SSSR count). The van der Waals surface area contributed by atoms with Gasteiger partial charge in [0.25, 0.3) is 0 Å². The Morgan fingerprint density at radius 1 is 1.29 bits per heavy atom. The van der Waals surface area contributed by atoms with E-state index in [0.717, 1.165) is 18.9 Å². The minimum absolute atomic E-state index is 0.0246. The zero-order valence-corrected chi connectivity index (χ0v) is 14.3. The third kappa shape index (κ3) is 4.47. The van der Waals surface area contributed by atoms with Crippen molar-refractivity contribution in [1.29, 1.82) is 0 Å². The summed E-state index contributed by atoms with van der Waals surface area (Å²) in [5.41, 5.74) is 0.577. The van der Waals surface area contributed by atoms with Gasteiger partial charge in [0, 0.05) is 11.7 Å². The summed E-state index contributed by atoms with van der Waals surface area (Å²) in [4.78, 5) is 25.8. The van der Waals surface area contributed by atoms with Crippen LogP contribution in [0.15, 0.2) is 30.0 Å². The molecule has 0 spiro atoms. The number of ether oxygens (including phenoxy) is 2. The van der Waals surface area contributed by atoms with Crippen LogP contribution >= 0.6 is 11.6 Å². The minimum atomic E-state index is -0.641. The molecule has 24 heavy (non-hydrogen) atoms. The number of esters is 2. The number of rotatable bonds is 7. The van der Waals surface area contributed by atoms with Crippen molar-refractivity contribution in [3.8, 4) is 0 Å². The molecule has 1 aliphatic rings. The van der Waals surface area contributed by atoms with E-state index >= 15 is 0 Å². The molecule has 0 amide bonds. The van der Waals surface area contributed by atoms with E-state index in [1.165, 1.54) is 18.2 Å². The van der Waals surface area contributed by atoms with E-state index in [2.05, 4.69) is 0 Å². The van der Waals surface area contributed by atoms with Gasteiger partial charge in [0.1, 0.15) is 11.5 Å². The molecule has 0 saturated heterocycles. The monoisotopic (exact) mass is 355 g/mol. The average molecular weight is 356 g/mol. The first-order valence-corrected chi connectivity index (χ1v) is 8.15. The van der Waals surface area contributed by atoms with E-state index in [4.69, 9.17) is 21.1 Å². The van der Waals surface area contributed by atoms with Crippen molar-refractivity contribution in [3.05, 3.63) is 40.8 Å². The topological polar surface area (TPSA) is 55.8 Å². The van der Waals surface area contributed by atoms with E-state index < -0.39 is 17.8 Å². The third-order valence-electron chi connectivity index (χ3n) is 3.38. The van der Waals surface area contributed by atoms with Crippen LogP contribution in [0.25, 0.3) is 0 Å². The third-order valence-corrected chi connectivity index (χ3v) is 3.67. The number of anilines is 1. The minimum Gasteiger partial charge on any atom is -0.463 e. The molecular formula is C17H19ClFNO4. The second-order valence-corrected chi connectivity index (χ2v) is 5.61. The van der Waals surface area contributed by atoms with Crippen LogP contribution < -0.4 is 4.90 Å². The number of hydrogen-bond acceptors (Lipinski definition) is 5. The van der Waals surface area contributed by atoms with Crippen LogP contribution in [-0.4, -0.2) is 31.2 Å². The highest BCUT2D eigenvalue weighted by atomic mass is 35.5. The van der Waals surface area contributed by atoms with Gasteiger partial charge in [-0.1, -0.05) is 11.6 Å². The van der Waals surface area contributed by atoms with Crippen molar-refractivity contribution in [1.82, 2.24) is 0 Å². The van der Waals surface area contributed by atoms with E-state index in [1.807, 2.05) is 0 Å². The molecule has 1 aliphatic carbocycles. The lowest BCUT2D eigenvalue weighted by Gasteiger charge is -2.26. The fraction of sp³-hybridized carbons (Fsp3) is 0.412. The van der Waals surface area contributed by atoms with Gasteiger partial charge < -0.3 is 14.4 Å². The van der Waals surface area contributed by atoms with Crippen LogP contribution in [0.3, 0.4) is 0 Å². The second kappa shape index (κ2) is 8.15. The van der Waals surface area contributed by atoms with Crippen molar-refractivity contribution >= 4 is 29.2 Å². The van der Waals surface area contributed by atoms with Crippen LogP contribution in [0.4, 0.5) is 10.1 Å². The molecule has 0 unspecified atom stereocenters. The van der Waals surface area contributed by atoms with Gasteiger partial charge in [-0.3, -0.25) is 0 Å². The average Bonchev–Trinajstić information content (AvgIpc) is 3.35. The molecule has 0 bridgehead atoms. The predicted octanol–water partition coefficient (Wildman–Crippen LogP) is 3.46. The van der Waals surface area contributed by atoms with Gasteiger partial charge in [-0.25, -0.2) is 14.0 Å². The molecule has 0 aliphatic heterocycles. The Morgan fingerprint density at radius 3 is 2.50 bits per heavy atom. The Hall–Kier alpha value is -2.08. The lowest BCUT2D eigenvalue weighted by atomic mass is 10.2. The molecule has 0 radical (unpaired) electrons. The zero-order valence-electron chi connectivity index (χ0n) is 13.6. The Kier molecular flexibility index (Phi) is 6.20. The van der Waals surface area contributed by atoms with E-state index in [0.29, 0.717) is 5.69 Å². The van der Waals surface area contributed by atoms with Crippen LogP contribution in [0.2, 0.25) is 5.02 Å². The van der Waals surface area contributed by atoms with Gasteiger partial charge in [0.05, 0.1) is 24.3 Å². The first-order chi connectivity index (χ1) is 11.5. The van der Waals surface area contributed by atoms with Crippen LogP contribution in [-0.2, 0) is 19.1 Å². The van der Waals surface area contributed by atoms with Gasteiger partial charge in [0.15, 0.2) is 0 Å². The largest absolute Gasteiger partial charge is 0.463 e. The highest BCUT2D eigenvalue weighted by molar-refractivity contribution is 6.31. The molecule has 1 aromatic carbocycles. The molecule has 0 aromatic heterocycles. The summed E-state index contributed by atoms with van der Waals surface area (Å²) < 4.78 is 23.4. The second-order valence-electron chi connectivity index (χ2n) is 5.20. The Bertz CT molecular complexity index is 658. The standard InChI is InChI=1S/C17H19ClFNO4/c1-3-23-16(21)10-15(17(22)24-4-2)20(11-5-6-11)12-7-8-14(19)13(18)9-12/h7-11H,3-6H2,1-2H3/b15-10-. The number of carbonyl (C=O) groups is 2. The maximum atomic E-state index is 13.4.